The number of pyridine rings is 1. The molecule has 1 aromatic rings. The average Bonchev–Trinajstić information content (AvgIpc) is 2.12. The van der Waals surface area contributed by atoms with Gasteiger partial charge >= 0.3 is 0 Å². The summed E-state index contributed by atoms with van der Waals surface area (Å²) in [6.45, 7) is 1.69. The van der Waals surface area contributed by atoms with Crippen molar-refractivity contribution < 1.29 is 0 Å². The van der Waals surface area contributed by atoms with Crippen LogP contribution in [0.2, 0.25) is 0 Å². The molecule has 2 heterocycles. The maximum Gasteiger partial charge on any atom is 0.251 e. The molecule has 0 aliphatic carbocycles. The molecule has 0 unspecified atom stereocenters. The fourth-order valence-electron chi connectivity index (χ4n) is 1.47. The van der Waals surface area contributed by atoms with Crippen molar-refractivity contribution in [3.8, 4) is 0 Å². The van der Waals surface area contributed by atoms with E-state index in [9.17, 15) is 4.79 Å². The van der Waals surface area contributed by atoms with Gasteiger partial charge in [-0.05, 0) is 34.5 Å². The van der Waals surface area contributed by atoms with E-state index in [4.69, 9.17) is 0 Å². The Morgan fingerprint density at radius 2 is 2.25 bits per heavy atom. The van der Waals surface area contributed by atoms with E-state index in [1.165, 1.54) is 0 Å². The van der Waals surface area contributed by atoms with Gasteiger partial charge in [-0.15, -0.1) is 0 Å². The van der Waals surface area contributed by atoms with Gasteiger partial charge in [-0.1, -0.05) is 0 Å². The number of aromatic amines is 1. The summed E-state index contributed by atoms with van der Waals surface area (Å²) in [5.41, 5.74) is 2.07. The lowest BCUT2D eigenvalue weighted by Crippen LogP contribution is -2.29. The second-order valence-electron chi connectivity index (χ2n) is 2.85. The minimum Gasteiger partial charge on any atom is -0.328 e. The Balaban J connectivity index is 2.64. The summed E-state index contributed by atoms with van der Waals surface area (Å²) in [5, 5.41) is 3.23. The largest absolute Gasteiger partial charge is 0.328 e. The monoisotopic (exact) mass is 228 g/mol. The van der Waals surface area contributed by atoms with Crippen molar-refractivity contribution in [2.75, 3.05) is 6.54 Å². The first-order valence-electron chi connectivity index (χ1n) is 3.88. The summed E-state index contributed by atoms with van der Waals surface area (Å²) in [5.74, 6) is 0. The van der Waals surface area contributed by atoms with Gasteiger partial charge in [-0.3, -0.25) is 4.79 Å². The molecule has 0 amide bonds. The maximum absolute atomic E-state index is 11.3. The Kier molecular flexibility index (Phi) is 2.02. The molecule has 1 aliphatic rings. The first kappa shape index (κ1) is 8.01. The van der Waals surface area contributed by atoms with Crippen molar-refractivity contribution in [3.05, 3.63) is 32.2 Å². The van der Waals surface area contributed by atoms with Crippen LogP contribution in [0.15, 0.2) is 15.5 Å². The van der Waals surface area contributed by atoms with E-state index in [0.29, 0.717) is 0 Å². The second kappa shape index (κ2) is 3.03. The summed E-state index contributed by atoms with van der Waals surface area (Å²) in [4.78, 5) is 14.0. The predicted molar refractivity (Wildman–Crippen MR) is 50.2 cm³/mol. The zero-order chi connectivity index (χ0) is 8.55. The molecule has 0 fully saturated rings. The molecule has 1 aromatic heterocycles. The summed E-state index contributed by atoms with van der Waals surface area (Å²) < 4.78 is 0.990. The zero-order valence-electron chi connectivity index (χ0n) is 6.48. The van der Waals surface area contributed by atoms with Crippen molar-refractivity contribution >= 4 is 15.9 Å². The van der Waals surface area contributed by atoms with E-state index >= 15 is 0 Å². The lowest BCUT2D eigenvalue weighted by Gasteiger charge is -2.16. The van der Waals surface area contributed by atoms with Gasteiger partial charge < -0.3 is 10.3 Å². The number of aromatic nitrogens is 1. The molecule has 0 saturated heterocycles. The summed E-state index contributed by atoms with van der Waals surface area (Å²) in [6, 6.07) is 0. The molecule has 0 aromatic carbocycles. The molecule has 0 radical (unpaired) electrons. The highest BCUT2D eigenvalue weighted by Gasteiger charge is 2.14. The number of halogens is 1. The van der Waals surface area contributed by atoms with Crippen LogP contribution in [-0.4, -0.2) is 11.5 Å². The highest BCUT2D eigenvalue weighted by molar-refractivity contribution is 9.10. The summed E-state index contributed by atoms with van der Waals surface area (Å²) >= 11 is 3.41. The third-order valence-corrected chi connectivity index (χ3v) is 2.82. The van der Waals surface area contributed by atoms with E-state index < -0.39 is 0 Å². The minimum atomic E-state index is 0.0506. The van der Waals surface area contributed by atoms with Crippen molar-refractivity contribution in [1.29, 1.82) is 0 Å². The van der Waals surface area contributed by atoms with Crippen LogP contribution in [-0.2, 0) is 13.0 Å². The van der Waals surface area contributed by atoms with Crippen molar-refractivity contribution in [2.24, 2.45) is 0 Å². The number of hydrogen-bond donors (Lipinski definition) is 2. The number of fused-ring (bicyclic) bond motifs is 1. The van der Waals surface area contributed by atoms with Gasteiger partial charge in [-0.25, -0.2) is 0 Å². The molecule has 0 saturated carbocycles. The van der Waals surface area contributed by atoms with Crippen molar-refractivity contribution in [3.63, 3.8) is 0 Å². The van der Waals surface area contributed by atoms with E-state index in [0.717, 1.165) is 35.1 Å². The third-order valence-electron chi connectivity index (χ3n) is 2.11. The highest BCUT2D eigenvalue weighted by Crippen LogP contribution is 2.18. The van der Waals surface area contributed by atoms with E-state index in [-0.39, 0.29) is 5.56 Å². The fourth-order valence-corrected chi connectivity index (χ4v) is 1.96. The van der Waals surface area contributed by atoms with Crippen LogP contribution >= 0.6 is 15.9 Å². The molecule has 2 rings (SSSR count). The number of rotatable bonds is 0. The number of nitrogens with one attached hydrogen (secondary N) is 2. The normalized spacial score (nSPS) is 15.8. The minimum absolute atomic E-state index is 0.0506. The van der Waals surface area contributed by atoms with E-state index in [1.54, 1.807) is 6.20 Å². The first-order chi connectivity index (χ1) is 5.79. The van der Waals surface area contributed by atoms with Crippen molar-refractivity contribution in [1.82, 2.24) is 10.3 Å². The summed E-state index contributed by atoms with van der Waals surface area (Å²) in [6.07, 6.45) is 2.53. The van der Waals surface area contributed by atoms with Crippen LogP contribution in [0.5, 0.6) is 0 Å². The lowest BCUT2D eigenvalue weighted by molar-refractivity contribution is 0.634. The smallest absolute Gasteiger partial charge is 0.251 e. The van der Waals surface area contributed by atoms with Gasteiger partial charge in [0.05, 0.1) is 0 Å². The van der Waals surface area contributed by atoms with Crippen molar-refractivity contribution in [2.45, 2.75) is 13.0 Å². The SMILES string of the molecule is O=c1[nH]cc(Br)c2c1CCNC2. The Bertz CT molecular complexity index is 359. The van der Waals surface area contributed by atoms with Gasteiger partial charge in [0.1, 0.15) is 0 Å². The topological polar surface area (TPSA) is 44.9 Å². The van der Waals surface area contributed by atoms with Crippen LogP contribution in [0.3, 0.4) is 0 Å². The van der Waals surface area contributed by atoms with Crippen LogP contribution in [0, 0.1) is 0 Å². The molecule has 0 atom stereocenters. The van der Waals surface area contributed by atoms with Crippen LogP contribution < -0.4 is 10.9 Å². The lowest BCUT2D eigenvalue weighted by atomic mass is 10.0. The van der Waals surface area contributed by atoms with E-state index in [2.05, 4.69) is 26.2 Å². The van der Waals surface area contributed by atoms with Crippen LogP contribution in [0.1, 0.15) is 11.1 Å². The van der Waals surface area contributed by atoms with E-state index in [1.807, 2.05) is 0 Å². The Hall–Kier alpha value is -0.610. The quantitative estimate of drug-likeness (QED) is 0.690. The molecule has 3 nitrogen and oxygen atoms in total. The molecular weight excluding hydrogens is 220 g/mol. The van der Waals surface area contributed by atoms with Gasteiger partial charge in [0.25, 0.3) is 5.56 Å². The number of H-pyrrole nitrogens is 1. The fraction of sp³-hybridized carbons (Fsp3) is 0.375. The third kappa shape index (κ3) is 1.21. The first-order valence-corrected chi connectivity index (χ1v) is 4.68. The van der Waals surface area contributed by atoms with Gasteiger partial charge in [0.2, 0.25) is 0 Å². The molecule has 1 aliphatic heterocycles. The number of hydrogen-bond acceptors (Lipinski definition) is 2. The molecule has 2 N–H and O–H groups in total. The molecular formula is C8H9BrN2O. The predicted octanol–water partition coefficient (Wildman–Crippen LogP) is 0.783. The zero-order valence-corrected chi connectivity index (χ0v) is 8.07. The van der Waals surface area contributed by atoms with Crippen LogP contribution in [0.25, 0.3) is 0 Å². The van der Waals surface area contributed by atoms with Gasteiger partial charge in [-0.2, -0.15) is 0 Å². The highest BCUT2D eigenvalue weighted by atomic mass is 79.9. The summed E-state index contributed by atoms with van der Waals surface area (Å²) in [7, 11) is 0. The second-order valence-corrected chi connectivity index (χ2v) is 3.70. The molecule has 0 spiro atoms. The molecule has 64 valence electrons. The molecule has 12 heavy (non-hydrogen) atoms. The maximum atomic E-state index is 11.3. The molecule has 0 bridgehead atoms. The standard InChI is InChI=1S/C8H9BrN2O/c9-7-4-11-8(12)5-1-2-10-3-6(5)7/h4,10H,1-3H2,(H,11,12). The molecule has 4 heteroatoms. The Labute approximate surface area is 78.3 Å². The van der Waals surface area contributed by atoms with Crippen LogP contribution in [0.4, 0.5) is 0 Å². The Morgan fingerprint density at radius 1 is 1.42 bits per heavy atom. The van der Waals surface area contributed by atoms with Gasteiger partial charge in [0, 0.05) is 22.8 Å². The average molecular weight is 229 g/mol. The van der Waals surface area contributed by atoms with Gasteiger partial charge in [0.15, 0.2) is 0 Å². The Morgan fingerprint density at radius 3 is 3.00 bits per heavy atom.